The van der Waals surface area contributed by atoms with Crippen molar-refractivity contribution in [3.63, 3.8) is 0 Å². The van der Waals surface area contributed by atoms with Crippen molar-refractivity contribution in [3.8, 4) is 5.75 Å². The van der Waals surface area contributed by atoms with Gasteiger partial charge in [-0.15, -0.1) is 0 Å². The number of ether oxygens (including phenoxy) is 1. The maximum atomic E-state index is 12.5. The lowest BCUT2D eigenvalue weighted by Crippen LogP contribution is -2.39. The first-order valence-corrected chi connectivity index (χ1v) is 8.26. The molecule has 0 unspecified atom stereocenters. The van der Waals surface area contributed by atoms with E-state index in [1.54, 1.807) is 0 Å². The number of nitrogens with zero attached hydrogens (tertiary/aromatic N) is 1. The molecule has 0 radical (unpaired) electrons. The molecule has 2 aromatic carbocycles. The molecule has 0 N–H and O–H groups in total. The Balaban J connectivity index is 1.48. The van der Waals surface area contributed by atoms with Gasteiger partial charge in [0.05, 0.1) is 6.61 Å². The fourth-order valence-corrected chi connectivity index (χ4v) is 2.91. The van der Waals surface area contributed by atoms with E-state index >= 15 is 0 Å². The van der Waals surface area contributed by atoms with Gasteiger partial charge in [-0.05, 0) is 49.9 Å². The molecule has 0 spiro atoms. The number of piperidine rings is 1. The number of para-hydroxylation sites is 1. The largest absolute Gasteiger partial charge is 0.493 e. The Morgan fingerprint density at radius 1 is 1.04 bits per heavy atom. The van der Waals surface area contributed by atoms with Gasteiger partial charge in [-0.2, -0.15) is 0 Å². The van der Waals surface area contributed by atoms with E-state index in [0.29, 0.717) is 5.92 Å². The molecule has 23 heavy (non-hydrogen) atoms. The molecule has 1 aliphatic heterocycles. The molecule has 0 aromatic heterocycles. The summed E-state index contributed by atoms with van der Waals surface area (Å²) in [6.07, 6.45) is 2.01. The third-order valence-electron chi connectivity index (χ3n) is 4.43. The van der Waals surface area contributed by atoms with E-state index in [1.807, 2.05) is 66.4 Å². The Bertz CT molecular complexity index is 628. The summed E-state index contributed by atoms with van der Waals surface area (Å²) < 4.78 is 5.84. The highest BCUT2D eigenvalue weighted by atomic mass is 16.5. The van der Waals surface area contributed by atoms with Gasteiger partial charge in [0.1, 0.15) is 5.75 Å². The zero-order valence-electron chi connectivity index (χ0n) is 13.6. The van der Waals surface area contributed by atoms with Crippen LogP contribution in [0.5, 0.6) is 5.75 Å². The van der Waals surface area contributed by atoms with Gasteiger partial charge in [-0.1, -0.05) is 35.9 Å². The van der Waals surface area contributed by atoms with Crippen LogP contribution in [0.15, 0.2) is 54.6 Å². The Labute approximate surface area is 137 Å². The molecule has 1 saturated heterocycles. The van der Waals surface area contributed by atoms with E-state index in [-0.39, 0.29) is 5.91 Å². The Morgan fingerprint density at radius 2 is 1.70 bits per heavy atom. The maximum Gasteiger partial charge on any atom is 0.253 e. The van der Waals surface area contributed by atoms with Crippen molar-refractivity contribution in [2.24, 2.45) is 5.92 Å². The van der Waals surface area contributed by atoms with Crippen LogP contribution >= 0.6 is 0 Å². The zero-order chi connectivity index (χ0) is 16.1. The van der Waals surface area contributed by atoms with Crippen LogP contribution in [-0.4, -0.2) is 30.5 Å². The zero-order valence-corrected chi connectivity index (χ0v) is 13.6. The van der Waals surface area contributed by atoms with Crippen molar-refractivity contribution in [1.29, 1.82) is 0 Å². The van der Waals surface area contributed by atoms with E-state index in [4.69, 9.17) is 4.74 Å². The molecule has 0 atom stereocenters. The normalized spacial score (nSPS) is 15.4. The van der Waals surface area contributed by atoms with Gasteiger partial charge < -0.3 is 9.64 Å². The van der Waals surface area contributed by atoms with Crippen LogP contribution in [0, 0.1) is 12.8 Å². The van der Waals surface area contributed by atoms with Gasteiger partial charge in [0, 0.05) is 18.7 Å². The first kappa shape index (κ1) is 15.6. The second-order valence-corrected chi connectivity index (χ2v) is 6.23. The summed E-state index contributed by atoms with van der Waals surface area (Å²) in [6.45, 7) is 4.40. The number of aryl methyl sites for hydroxylation is 1. The number of carbonyl (C=O) groups excluding carboxylic acids is 1. The predicted octanol–water partition coefficient (Wildman–Crippen LogP) is 3.93. The van der Waals surface area contributed by atoms with E-state index in [9.17, 15) is 4.79 Å². The van der Waals surface area contributed by atoms with E-state index < -0.39 is 0 Å². The molecule has 1 heterocycles. The van der Waals surface area contributed by atoms with Gasteiger partial charge in [-0.3, -0.25) is 4.79 Å². The number of rotatable bonds is 4. The smallest absolute Gasteiger partial charge is 0.253 e. The summed E-state index contributed by atoms with van der Waals surface area (Å²) in [5.41, 5.74) is 1.97. The predicted molar refractivity (Wildman–Crippen MR) is 91.7 cm³/mol. The highest BCUT2D eigenvalue weighted by Gasteiger charge is 2.23. The fourth-order valence-electron chi connectivity index (χ4n) is 2.91. The van der Waals surface area contributed by atoms with Gasteiger partial charge in [0.25, 0.3) is 5.91 Å². The standard InChI is InChI=1S/C20H23NO2/c1-16-7-9-18(10-8-16)20(22)21-13-11-17(12-14-21)15-23-19-5-3-2-4-6-19/h2-10,17H,11-15H2,1H3. The fraction of sp³-hybridized carbons (Fsp3) is 0.350. The van der Waals surface area contributed by atoms with Gasteiger partial charge >= 0.3 is 0 Å². The highest BCUT2D eigenvalue weighted by Crippen LogP contribution is 2.21. The van der Waals surface area contributed by atoms with E-state index in [0.717, 1.165) is 43.9 Å². The molecular formula is C20H23NO2. The lowest BCUT2D eigenvalue weighted by molar-refractivity contribution is 0.0661. The molecular weight excluding hydrogens is 286 g/mol. The van der Waals surface area contributed by atoms with Crippen LogP contribution in [0.1, 0.15) is 28.8 Å². The summed E-state index contributed by atoms with van der Waals surface area (Å²) in [4.78, 5) is 14.5. The quantitative estimate of drug-likeness (QED) is 0.856. The van der Waals surface area contributed by atoms with Crippen LogP contribution in [0.3, 0.4) is 0 Å². The van der Waals surface area contributed by atoms with E-state index in [2.05, 4.69) is 0 Å². The third-order valence-corrected chi connectivity index (χ3v) is 4.43. The second kappa shape index (κ2) is 7.32. The van der Waals surface area contributed by atoms with Crippen molar-refractivity contribution in [2.75, 3.05) is 19.7 Å². The first-order valence-electron chi connectivity index (χ1n) is 8.26. The minimum absolute atomic E-state index is 0.146. The molecule has 3 nitrogen and oxygen atoms in total. The van der Waals surface area contributed by atoms with Crippen LogP contribution in [-0.2, 0) is 0 Å². The van der Waals surface area contributed by atoms with Crippen molar-refractivity contribution in [1.82, 2.24) is 4.90 Å². The summed E-state index contributed by atoms with van der Waals surface area (Å²) in [7, 11) is 0. The second-order valence-electron chi connectivity index (χ2n) is 6.23. The summed E-state index contributed by atoms with van der Waals surface area (Å²) in [5, 5.41) is 0. The number of benzene rings is 2. The molecule has 1 fully saturated rings. The van der Waals surface area contributed by atoms with Crippen molar-refractivity contribution >= 4 is 5.91 Å². The summed E-state index contributed by atoms with van der Waals surface area (Å²) >= 11 is 0. The summed E-state index contributed by atoms with van der Waals surface area (Å²) in [5.74, 6) is 1.59. The number of hydrogen-bond acceptors (Lipinski definition) is 2. The highest BCUT2D eigenvalue weighted by molar-refractivity contribution is 5.94. The molecule has 3 heteroatoms. The van der Waals surface area contributed by atoms with Crippen LogP contribution in [0.4, 0.5) is 0 Å². The monoisotopic (exact) mass is 309 g/mol. The number of likely N-dealkylation sites (tertiary alicyclic amines) is 1. The number of carbonyl (C=O) groups is 1. The number of amides is 1. The average Bonchev–Trinajstić information content (AvgIpc) is 2.61. The van der Waals surface area contributed by atoms with Gasteiger partial charge in [0.2, 0.25) is 0 Å². The molecule has 3 rings (SSSR count). The SMILES string of the molecule is Cc1ccc(C(=O)N2CCC(COc3ccccc3)CC2)cc1. The average molecular weight is 309 g/mol. The Morgan fingerprint density at radius 3 is 2.35 bits per heavy atom. The molecule has 0 saturated carbocycles. The van der Waals surface area contributed by atoms with E-state index in [1.165, 1.54) is 5.56 Å². The summed E-state index contributed by atoms with van der Waals surface area (Å²) in [6, 6.07) is 17.7. The lowest BCUT2D eigenvalue weighted by atomic mass is 9.97. The van der Waals surface area contributed by atoms with Crippen LogP contribution in [0.2, 0.25) is 0 Å². The Hall–Kier alpha value is -2.29. The first-order chi connectivity index (χ1) is 11.2. The Kier molecular flexibility index (Phi) is 4.96. The third kappa shape index (κ3) is 4.13. The molecule has 1 aliphatic rings. The van der Waals surface area contributed by atoms with Crippen LogP contribution in [0.25, 0.3) is 0 Å². The molecule has 1 amide bonds. The van der Waals surface area contributed by atoms with Gasteiger partial charge in [0.15, 0.2) is 0 Å². The van der Waals surface area contributed by atoms with Crippen molar-refractivity contribution < 1.29 is 9.53 Å². The van der Waals surface area contributed by atoms with Gasteiger partial charge in [-0.25, -0.2) is 0 Å². The molecule has 0 bridgehead atoms. The van der Waals surface area contributed by atoms with Crippen molar-refractivity contribution in [3.05, 3.63) is 65.7 Å². The lowest BCUT2D eigenvalue weighted by Gasteiger charge is -2.32. The van der Waals surface area contributed by atoms with Crippen molar-refractivity contribution in [2.45, 2.75) is 19.8 Å². The maximum absolute atomic E-state index is 12.5. The number of hydrogen-bond donors (Lipinski definition) is 0. The molecule has 0 aliphatic carbocycles. The topological polar surface area (TPSA) is 29.5 Å². The molecule has 120 valence electrons. The minimum Gasteiger partial charge on any atom is -0.493 e. The van der Waals surface area contributed by atoms with Crippen LogP contribution < -0.4 is 4.74 Å². The molecule has 2 aromatic rings. The minimum atomic E-state index is 0.146.